The second-order valence-corrected chi connectivity index (χ2v) is 8.60. The number of carbonyl (C=O) groups excluding carboxylic acids is 2. The van der Waals surface area contributed by atoms with Gasteiger partial charge in [0.1, 0.15) is 0 Å². The molecule has 2 aliphatic heterocycles. The molecule has 0 bridgehead atoms. The number of aryl methyl sites for hydroxylation is 1. The summed E-state index contributed by atoms with van der Waals surface area (Å²) in [6.45, 7) is 2.37. The number of likely N-dealkylation sites (N-methyl/N-ethyl adjacent to an activating group) is 1. The van der Waals surface area contributed by atoms with Gasteiger partial charge >= 0.3 is 0 Å². The van der Waals surface area contributed by atoms with Crippen molar-refractivity contribution < 1.29 is 9.59 Å². The predicted octanol–water partition coefficient (Wildman–Crippen LogP) is 3.27. The highest BCUT2D eigenvalue weighted by molar-refractivity contribution is 5.84. The molecule has 1 unspecified atom stereocenters. The van der Waals surface area contributed by atoms with Crippen LogP contribution < -0.4 is 0 Å². The van der Waals surface area contributed by atoms with E-state index in [4.69, 9.17) is 0 Å². The summed E-state index contributed by atoms with van der Waals surface area (Å²) in [5.41, 5.74) is 2.33. The largest absolute Gasteiger partial charge is 0.345 e. The smallest absolute Gasteiger partial charge is 0.229 e. The van der Waals surface area contributed by atoms with Gasteiger partial charge in [-0.3, -0.25) is 14.6 Å². The Morgan fingerprint density at radius 1 is 1.14 bits per heavy atom. The van der Waals surface area contributed by atoms with Crippen LogP contribution in [0.1, 0.15) is 42.7 Å². The predicted molar refractivity (Wildman–Crippen MR) is 112 cm³/mol. The van der Waals surface area contributed by atoms with Gasteiger partial charge in [-0.15, -0.1) is 0 Å². The molecular formula is C24H29N3O2. The van der Waals surface area contributed by atoms with Crippen LogP contribution in [0.4, 0.5) is 0 Å². The van der Waals surface area contributed by atoms with Crippen molar-refractivity contribution in [2.45, 2.75) is 38.0 Å². The van der Waals surface area contributed by atoms with Crippen LogP contribution in [0.3, 0.4) is 0 Å². The molecule has 0 saturated carbocycles. The Balaban J connectivity index is 1.37. The molecule has 1 spiro atoms. The summed E-state index contributed by atoms with van der Waals surface area (Å²) in [4.78, 5) is 33.5. The maximum Gasteiger partial charge on any atom is 0.229 e. The molecular weight excluding hydrogens is 362 g/mol. The standard InChI is InChI=1S/C24H29N3O2/c1-26-18-24(16-21(23(26)29)20-7-3-2-4-8-20)11-14-27(15-12-24)22(28)10-9-19-6-5-13-25-17-19/h2-8,13,17,21H,9-12,14-16,18H2,1H3. The molecule has 0 N–H and O–H groups in total. The van der Waals surface area contributed by atoms with Gasteiger partial charge in [0.2, 0.25) is 11.8 Å². The minimum Gasteiger partial charge on any atom is -0.345 e. The molecule has 2 aliphatic rings. The highest BCUT2D eigenvalue weighted by Crippen LogP contribution is 2.45. The number of benzene rings is 1. The number of hydrogen-bond donors (Lipinski definition) is 0. The topological polar surface area (TPSA) is 53.5 Å². The highest BCUT2D eigenvalue weighted by Gasteiger charge is 2.45. The SMILES string of the molecule is CN1CC2(CCN(C(=O)CCc3cccnc3)CC2)CC(c2ccccc2)C1=O. The molecule has 1 aromatic heterocycles. The Morgan fingerprint density at radius 2 is 1.90 bits per heavy atom. The molecule has 2 amide bonds. The summed E-state index contributed by atoms with van der Waals surface area (Å²) in [7, 11) is 1.92. The second kappa shape index (κ2) is 8.36. The molecule has 2 saturated heterocycles. The van der Waals surface area contributed by atoms with Gasteiger partial charge in [-0.25, -0.2) is 0 Å². The van der Waals surface area contributed by atoms with Crippen LogP contribution in [0.25, 0.3) is 0 Å². The Kier molecular flexibility index (Phi) is 5.65. The van der Waals surface area contributed by atoms with Crippen LogP contribution in [-0.2, 0) is 16.0 Å². The number of amides is 2. The van der Waals surface area contributed by atoms with Crippen molar-refractivity contribution in [3.05, 3.63) is 66.0 Å². The lowest BCUT2D eigenvalue weighted by atomic mass is 9.67. The molecule has 152 valence electrons. The number of carbonyl (C=O) groups is 2. The van der Waals surface area contributed by atoms with E-state index in [1.807, 2.05) is 53.4 Å². The normalized spacial score (nSPS) is 21.4. The molecule has 1 aromatic carbocycles. The van der Waals surface area contributed by atoms with Crippen LogP contribution in [0.5, 0.6) is 0 Å². The zero-order valence-corrected chi connectivity index (χ0v) is 17.1. The first kappa shape index (κ1) is 19.6. The molecule has 3 heterocycles. The number of rotatable bonds is 4. The zero-order valence-electron chi connectivity index (χ0n) is 17.1. The van der Waals surface area contributed by atoms with E-state index in [0.717, 1.165) is 56.4 Å². The number of likely N-dealkylation sites (tertiary alicyclic amines) is 2. The van der Waals surface area contributed by atoms with Crippen LogP contribution in [0, 0.1) is 5.41 Å². The lowest BCUT2D eigenvalue weighted by Crippen LogP contribution is -2.53. The van der Waals surface area contributed by atoms with E-state index in [2.05, 4.69) is 17.1 Å². The summed E-state index contributed by atoms with van der Waals surface area (Å²) in [6, 6.07) is 14.1. The van der Waals surface area contributed by atoms with E-state index in [-0.39, 0.29) is 23.1 Å². The van der Waals surface area contributed by atoms with E-state index in [9.17, 15) is 9.59 Å². The van der Waals surface area contributed by atoms with Crippen LogP contribution in [-0.4, -0.2) is 53.3 Å². The Hall–Kier alpha value is -2.69. The minimum atomic E-state index is -0.0669. The summed E-state index contributed by atoms with van der Waals surface area (Å²) in [5, 5.41) is 0. The van der Waals surface area contributed by atoms with E-state index in [1.54, 1.807) is 6.20 Å². The number of piperidine rings is 2. The van der Waals surface area contributed by atoms with E-state index in [0.29, 0.717) is 6.42 Å². The molecule has 2 aromatic rings. The van der Waals surface area contributed by atoms with E-state index < -0.39 is 0 Å². The lowest BCUT2D eigenvalue weighted by Gasteiger charge is -2.49. The molecule has 0 aliphatic carbocycles. The van der Waals surface area contributed by atoms with Gasteiger partial charge < -0.3 is 9.80 Å². The van der Waals surface area contributed by atoms with Crippen LogP contribution >= 0.6 is 0 Å². The summed E-state index contributed by atoms with van der Waals surface area (Å²) in [6.07, 6.45) is 7.67. The molecule has 29 heavy (non-hydrogen) atoms. The van der Waals surface area contributed by atoms with Gasteiger partial charge in [0.05, 0.1) is 5.92 Å². The fraction of sp³-hybridized carbons (Fsp3) is 0.458. The minimum absolute atomic E-state index is 0.0669. The quantitative estimate of drug-likeness (QED) is 0.804. The third kappa shape index (κ3) is 4.34. The van der Waals surface area contributed by atoms with E-state index >= 15 is 0 Å². The van der Waals surface area contributed by atoms with Crippen LogP contribution in [0.15, 0.2) is 54.9 Å². The zero-order chi connectivity index (χ0) is 20.3. The van der Waals surface area contributed by atoms with E-state index in [1.165, 1.54) is 0 Å². The Labute approximate surface area is 172 Å². The number of nitrogens with zero attached hydrogens (tertiary/aromatic N) is 3. The van der Waals surface area contributed by atoms with Gasteiger partial charge in [0.15, 0.2) is 0 Å². The number of aromatic nitrogens is 1. The number of hydrogen-bond acceptors (Lipinski definition) is 3. The van der Waals surface area contributed by atoms with Crippen LogP contribution in [0.2, 0.25) is 0 Å². The van der Waals surface area contributed by atoms with Gasteiger partial charge in [-0.05, 0) is 48.3 Å². The van der Waals surface area contributed by atoms with Crippen molar-refractivity contribution in [3.63, 3.8) is 0 Å². The third-order valence-electron chi connectivity index (χ3n) is 6.61. The molecule has 0 radical (unpaired) electrons. The van der Waals surface area contributed by atoms with Crippen molar-refractivity contribution in [2.24, 2.45) is 5.41 Å². The maximum absolute atomic E-state index is 12.8. The van der Waals surface area contributed by atoms with Gasteiger partial charge in [-0.1, -0.05) is 36.4 Å². The first-order chi connectivity index (χ1) is 14.1. The van der Waals surface area contributed by atoms with Crippen molar-refractivity contribution >= 4 is 11.8 Å². The third-order valence-corrected chi connectivity index (χ3v) is 6.61. The average molecular weight is 392 g/mol. The molecule has 5 heteroatoms. The summed E-state index contributed by atoms with van der Waals surface area (Å²) < 4.78 is 0. The van der Waals surface area contributed by atoms with Gasteiger partial charge in [-0.2, -0.15) is 0 Å². The molecule has 2 fully saturated rings. The first-order valence-corrected chi connectivity index (χ1v) is 10.5. The van der Waals surface area contributed by atoms with Crippen molar-refractivity contribution in [1.29, 1.82) is 0 Å². The molecule has 1 atom stereocenters. The molecule has 5 nitrogen and oxygen atoms in total. The fourth-order valence-corrected chi connectivity index (χ4v) is 4.93. The monoisotopic (exact) mass is 391 g/mol. The Morgan fingerprint density at radius 3 is 2.59 bits per heavy atom. The maximum atomic E-state index is 12.8. The van der Waals surface area contributed by atoms with Crippen molar-refractivity contribution in [2.75, 3.05) is 26.7 Å². The summed E-state index contributed by atoms with van der Waals surface area (Å²) >= 11 is 0. The van der Waals surface area contributed by atoms with Crippen molar-refractivity contribution in [3.8, 4) is 0 Å². The first-order valence-electron chi connectivity index (χ1n) is 10.5. The number of pyridine rings is 1. The van der Waals surface area contributed by atoms with Gasteiger partial charge in [0.25, 0.3) is 0 Å². The highest BCUT2D eigenvalue weighted by atomic mass is 16.2. The van der Waals surface area contributed by atoms with Gasteiger partial charge in [0, 0.05) is 45.5 Å². The Bertz CT molecular complexity index is 845. The fourth-order valence-electron chi connectivity index (χ4n) is 4.93. The molecule has 4 rings (SSSR count). The van der Waals surface area contributed by atoms with Crippen molar-refractivity contribution in [1.82, 2.24) is 14.8 Å². The lowest BCUT2D eigenvalue weighted by molar-refractivity contribution is -0.143. The average Bonchev–Trinajstić information content (AvgIpc) is 2.76. The summed E-state index contributed by atoms with van der Waals surface area (Å²) in [5.74, 6) is 0.378. The second-order valence-electron chi connectivity index (χ2n) is 8.60.